The molecule has 1 heterocycles. The van der Waals surface area contributed by atoms with Gasteiger partial charge in [0.2, 0.25) is 0 Å². The quantitative estimate of drug-likeness (QED) is 0.701. The molecule has 2 atom stereocenters. The van der Waals surface area contributed by atoms with Gasteiger partial charge >= 0.3 is 0 Å². The molecule has 4 heteroatoms. The van der Waals surface area contributed by atoms with E-state index in [2.05, 4.69) is 22.3 Å². The minimum Gasteiger partial charge on any atom is -0.309 e. The summed E-state index contributed by atoms with van der Waals surface area (Å²) in [6, 6.07) is 13.8. The number of nitrogens with one attached hydrogen (secondary N) is 1. The lowest BCUT2D eigenvalue weighted by atomic mass is 9.79. The summed E-state index contributed by atoms with van der Waals surface area (Å²) >= 11 is 6.40. The average molecular weight is 399 g/mol. The molecule has 2 aromatic rings. The van der Waals surface area contributed by atoms with Crippen molar-refractivity contribution in [1.82, 2.24) is 10.2 Å². The van der Waals surface area contributed by atoms with Crippen LogP contribution >= 0.6 is 11.6 Å². The van der Waals surface area contributed by atoms with Gasteiger partial charge in [0.1, 0.15) is 5.82 Å². The molecule has 0 amide bonds. The van der Waals surface area contributed by atoms with Gasteiger partial charge in [0.15, 0.2) is 0 Å². The second-order valence-corrected chi connectivity index (χ2v) is 9.30. The fraction of sp³-hybridized carbons (Fsp3) is 0.500. The van der Waals surface area contributed by atoms with E-state index in [9.17, 15) is 4.39 Å². The van der Waals surface area contributed by atoms with E-state index in [1.165, 1.54) is 48.8 Å². The van der Waals surface area contributed by atoms with E-state index >= 15 is 0 Å². The van der Waals surface area contributed by atoms with Gasteiger partial charge in [0, 0.05) is 42.2 Å². The molecule has 0 radical (unpaired) electrons. The number of halogens is 2. The van der Waals surface area contributed by atoms with Crippen LogP contribution in [-0.2, 0) is 0 Å². The summed E-state index contributed by atoms with van der Waals surface area (Å²) in [6.07, 6.45) is 7.69. The molecule has 0 unspecified atom stereocenters. The highest BCUT2D eigenvalue weighted by Crippen LogP contribution is 2.48. The van der Waals surface area contributed by atoms with Gasteiger partial charge in [0.25, 0.3) is 0 Å². The van der Waals surface area contributed by atoms with Gasteiger partial charge in [-0.3, -0.25) is 4.90 Å². The topological polar surface area (TPSA) is 15.3 Å². The van der Waals surface area contributed by atoms with Crippen molar-refractivity contribution >= 4 is 11.6 Å². The molecule has 2 nitrogen and oxygen atoms in total. The third-order valence-electron chi connectivity index (χ3n) is 7.17. The van der Waals surface area contributed by atoms with Gasteiger partial charge in [-0.25, -0.2) is 4.39 Å². The Morgan fingerprint density at radius 2 is 1.79 bits per heavy atom. The zero-order valence-electron chi connectivity index (χ0n) is 16.3. The van der Waals surface area contributed by atoms with Gasteiger partial charge in [-0.15, -0.1) is 0 Å². The molecule has 2 aliphatic carbocycles. The lowest BCUT2D eigenvalue weighted by Gasteiger charge is -2.48. The lowest BCUT2D eigenvalue weighted by molar-refractivity contribution is 0.0668. The van der Waals surface area contributed by atoms with Crippen LogP contribution in [0.4, 0.5) is 4.39 Å². The summed E-state index contributed by atoms with van der Waals surface area (Å²) in [5, 5.41) is 4.67. The second kappa shape index (κ2) is 7.44. The van der Waals surface area contributed by atoms with E-state index in [4.69, 9.17) is 11.6 Å². The largest absolute Gasteiger partial charge is 0.309 e. The van der Waals surface area contributed by atoms with Crippen LogP contribution in [-0.4, -0.2) is 30.1 Å². The van der Waals surface area contributed by atoms with E-state index in [1.54, 1.807) is 12.1 Å². The maximum Gasteiger partial charge on any atom is 0.123 e. The van der Waals surface area contributed by atoms with Crippen LogP contribution in [0.15, 0.2) is 42.5 Å². The standard InChI is InChI=1S/C24H28ClFN2/c25-18-6-9-20-21(17-4-7-19(26)8-5-17)15-23(22(20)14-18)28-13-12-27-24(16-28)10-2-1-3-11-24/h4-9,14,21,23,27H,1-3,10-13,15-16H2/t21-,23+/m1/s1. The molecule has 0 bridgehead atoms. The molecular weight excluding hydrogens is 371 g/mol. The number of hydrogen-bond donors (Lipinski definition) is 1. The van der Waals surface area contributed by atoms with Crippen LogP contribution in [0, 0.1) is 5.82 Å². The Labute approximate surface area is 172 Å². The van der Waals surface area contributed by atoms with Crippen LogP contribution in [0.1, 0.15) is 67.2 Å². The summed E-state index contributed by atoms with van der Waals surface area (Å²) in [5.74, 6) is 0.144. The SMILES string of the molecule is Fc1ccc([C@H]2C[C@H](N3CCNC4(CCCCC4)C3)c3cc(Cl)ccc32)cc1. The van der Waals surface area contributed by atoms with Crippen LogP contribution in [0.25, 0.3) is 0 Å². The van der Waals surface area contributed by atoms with Gasteiger partial charge in [-0.2, -0.15) is 0 Å². The number of hydrogen-bond acceptors (Lipinski definition) is 2. The monoisotopic (exact) mass is 398 g/mol. The molecule has 28 heavy (non-hydrogen) atoms. The molecule has 3 aliphatic rings. The normalized spacial score (nSPS) is 27.1. The fourth-order valence-electron chi connectivity index (χ4n) is 5.80. The summed E-state index contributed by atoms with van der Waals surface area (Å²) < 4.78 is 13.5. The number of rotatable bonds is 2. The minimum atomic E-state index is -0.170. The average Bonchev–Trinajstić information content (AvgIpc) is 3.08. The third-order valence-corrected chi connectivity index (χ3v) is 7.41. The van der Waals surface area contributed by atoms with Crippen molar-refractivity contribution in [3.8, 4) is 0 Å². The van der Waals surface area contributed by atoms with Crippen molar-refractivity contribution in [3.05, 3.63) is 70.0 Å². The first-order valence-electron chi connectivity index (χ1n) is 10.7. The second-order valence-electron chi connectivity index (χ2n) is 8.87. The Hall–Kier alpha value is -1.42. The highest BCUT2D eigenvalue weighted by Gasteiger charge is 2.42. The molecule has 5 rings (SSSR count). The number of nitrogens with zero attached hydrogens (tertiary/aromatic N) is 1. The van der Waals surface area contributed by atoms with Crippen molar-refractivity contribution in [2.75, 3.05) is 19.6 Å². The van der Waals surface area contributed by atoms with Crippen molar-refractivity contribution < 1.29 is 4.39 Å². The smallest absolute Gasteiger partial charge is 0.123 e. The first kappa shape index (κ1) is 18.6. The minimum absolute atomic E-state index is 0.170. The Kier molecular flexibility index (Phi) is 4.94. The van der Waals surface area contributed by atoms with E-state index in [1.807, 2.05) is 18.2 Å². The molecule has 0 aromatic heterocycles. The molecule has 2 aromatic carbocycles. The van der Waals surface area contributed by atoms with Crippen LogP contribution in [0.5, 0.6) is 0 Å². The van der Waals surface area contributed by atoms with Crippen molar-refractivity contribution in [1.29, 1.82) is 0 Å². The van der Waals surface area contributed by atoms with Crippen LogP contribution in [0.3, 0.4) is 0 Å². The van der Waals surface area contributed by atoms with E-state index in [0.717, 1.165) is 31.1 Å². The molecule has 2 fully saturated rings. The first-order valence-corrected chi connectivity index (χ1v) is 11.1. The molecule has 148 valence electrons. The molecular formula is C24H28ClFN2. The molecule has 1 saturated carbocycles. The van der Waals surface area contributed by atoms with E-state index < -0.39 is 0 Å². The summed E-state index contributed by atoms with van der Waals surface area (Å²) in [5.41, 5.74) is 4.23. The molecule has 1 aliphatic heterocycles. The summed E-state index contributed by atoms with van der Waals surface area (Å²) in [7, 11) is 0. The van der Waals surface area contributed by atoms with Gasteiger partial charge in [-0.05, 0) is 60.2 Å². The molecule has 1 N–H and O–H groups in total. The zero-order valence-corrected chi connectivity index (χ0v) is 17.0. The highest BCUT2D eigenvalue weighted by molar-refractivity contribution is 6.30. The van der Waals surface area contributed by atoms with E-state index in [0.29, 0.717) is 17.5 Å². The van der Waals surface area contributed by atoms with E-state index in [-0.39, 0.29) is 5.82 Å². The van der Waals surface area contributed by atoms with Gasteiger partial charge in [-0.1, -0.05) is 49.1 Å². The Morgan fingerprint density at radius 1 is 1.00 bits per heavy atom. The maximum absolute atomic E-state index is 13.5. The predicted molar refractivity (Wildman–Crippen MR) is 112 cm³/mol. The first-order chi connectivity index (χ1) is 13.6. The Balaban J connectivity index is 1.46. The highest BCUT2D eigenvalue weighted by atomic mass is 35.5. The number of benzene rings is 2. The number of fused-ring (bicyclic) bond motifs is 1. The fourth-order valence-corrected chi connectivity index (χ4v) is 5.98. The molecule has 1 spiro atoms. The lowest BCUT2D eigenvalue weighted by Crippen LogP contribution is -2.61. The van der Waals surface area contributed by atoms with Crippen LogP contribution < -0.4 is 5.32 Å². The van der Waals surface area contributed by atoms with Gasteiger partial charge in [0.05, 0.1) is 0 Å². The van der Waals surface area contributed by atoms with Crippen molar-refractivity contribution in [2.24, 2.45) is 0 Å². The maximum atomic E-state index is 13.5. The van der Waals surface area contributed by atoms with Crippen LogP contribution in [0.2, 0.25) is 5.02 Å². The zero-order chi connectivity index (χ0) is 19.1. The predicted octanol–water partition coefficient (Wildman–Crippen LogP) is 5.66. The van der Waals surface area contributed by atoms with Crippen molar-refractivity contribution in [3.63, 3.8) is 0 Å². The molecule has 1 saturated heterocycles. The van der Waals surface area contributed by atoms with Gasteiger partial charge < -0.3 is 5.32 Å². The van der Waals surface area contributed by atoms with Crippen molar-refractivity contribution in [2.45, 2.75) is 56.0 Å². The Bertz CT molecular complexity index is 839. The summed E-state index contributed by atoms with van der Waals surface area (Å²) in [6.45, 7) is 3.27. The Morgan fingerprint density at radius 3 is 2.57 bits per heavy atom. The number of piperazine rings is 1. The third kappa shape index (κ3) is 3.38. The summed E-state index contributed by atoms with van der Waals surface area (Å²) in [4.78, 5) is 2.69.